The summed E-state index contributed by atoms with van der Waals surface area (Å²) in [4.78, 5) is 0. The Hall–Kier alpha value is -0.240. The number of hydrogen-bond acceptors (Lipinski definition) is 1. The third-order valence-electron chi connectivity index (χ3n) is 3.86. The Kier molecular flexibility index (Phi) is 5.35. The van der Waals surface area contributed by atoms with Gasteiger partial charge in [0.2, 0.25) is 0 Å². The molecule has 3 heteroatoms. The van der Waals surface area contributed by atoms with Gasteiger partial charge >= 0.3 is 0 Å². The maximum absolute atomic E-state index is 6.12. The van der Waals surface area contributed by atoms with Crippen molar-refractivity contribution in [2.75, 3.05) is 13.1 Å². The lowest BCUT2D eigenvalue weighted by molar-refractivity contribution is 0.444. The molecule has 1 saturated carbocycles. The highest BCUT2D eigenvalue weighted by Crippen LogP contribution is 2.40. The first kappa shape index (κ1) is 14.2. The van der Waals surface area contributed by atoms with Crippen LogP contribution in [0.2, 0.25) is 10.0 Å². The van der Waals surface area contributed by atoms with E-state index in [1.54, 1.807) is 0 Å². The number of hydrogen-bond donors (Lipinski definition) is 1. The number of rotatable bonds is 5. The maximum Gasteiger partial charge on any atom is 0.0595 e. The van der Waals surface area contributed by atoms with Crippen molar-refractivity contribution in [2.24, 2.45) is 5.92 Å². The summed E-state index contributed by atoms with van der Waals surface area (Å²) in [5, 5.41) is 4.88. The van der Waals surface area contributed by atoms with Crippen molar-refractivity contribution in [3.63, 3.8) is 0 Å². The van der Waals surface area contributed by atoms with E-state index < -0.39 is 0 Å². The number of halogens is 2. The molecule has 0 radical (unpaired) electrons. The monoisotopic (exact) mass is 285 g/mol. The van der Waals surface area contributed by atoms with Gasteiger partial charge in [-0.25, -0.2) is 0 Å². The number of benzene rings is 1. The molecule has 2 rings (SSSR count). The largest absolute Gasteiger partial charge is 0.316 e. The van der Waals surface area contributed by atoms with E-state index in [4.69, 9.17) is 23.2 Å². The minimum atomic E-state index is 0.643. The molecular weight excluding hydrogens is 265 g/mol. The topological polar surface area (TPSA) is 12.0 Å². The lowest BCUT2D eigenvalue weighted by atomic mass is 9.89. The van der Waals surface area contributed by atoms with E-state index in [2.05, 4.69) is 18.3 Å². The van der Waals surface area contributed by atoms with E-state index in [1.165, 1.54) is 31.2 Å². The van der Waals surface area contributed by atoms with E-state index >= 15 is 0 Å². The first-order chi connectivity index (χ1) is 8.72. The van der Waals surface area contributed by atoms with Crippen molar-refractivity contribution in [3.05, 3.63) is 33.8 Å². The fraction of sp³-hybridized carbons (Fsp3) is 0.600. The standard InChI is InChI=1S/C15H21Cl2N/c1-2-8-18-10-12-4-3-5-13(12)11-6-7-14(16)15(17)9-11/h6-7,9,12-13,18H,2-5,8,10H2,1H3. The van der Waals surface area contributed by atoms with E-state index in [9.17, 15) is 0 Å². The fourth-order valence-electron chi connectivity index (χ4n) is 2.93. The Balaban J connectivity index is 2.03. The van der Waals surface area contributed by atoms with Gasteiger partial charge in [0.25, 0.3) is 0 Å². The quantitative estimate of drug-likeness (QED) is 0.761. The van der Waals surface area contributed by atoms with Gasteiger partial charge in [0.1, 0.15) is 0 Å². The van der Waals surface area contributed by atoms with Gasteiger partial charge in [-0.3, -0.25) is 0 Å². The van der Waals surface area contributed by atoms with Gasteiger partial charge in [0, 0.05) is 0 Å². The molecule has 0 spiro atoms. The molecule has 1 aromatic carbocycles. The maximum atomic E-state index is 6.12. The summed E-state index contributed by atoms with van der Waals surface area (Å²) >= 11 is 12.1. The van der Waals surface area contributed by atoms with Crippen LogP contribution in [0.3, 0.4) is 0 Å². The van der Waals surface area contributed by atoms with Crippen LogP contribution in [-0.2, 0) is 0 Å². The average Bonchev–Trinajstić information content (AvgIpc) is 2.81. The minimum Gasteiger partial charge on any atom is -0.316 e. The molecule has 0 saturated heterocycles. The van der Waals surface area contributed by atoms with Crippen molar-refractivity contribution >= 4 is 23.2 Å². The second kappa shape index (κ2) is 6.79. The Labute approximate surface area is 120 Å². The molecule has 0 aliphatic heterocycles. The molecule has 1 aliphatic rings. The summed E-state index contributed by atoms with van der Waals surface area (Å²) in [7, 11) is 0. The van der Waals surface area contributed by atoms with Gasteiger partial charge in [-0.2, -0.15) is 0 Å². The van der Waals surface area contributed by atoms with Gasteiger partial charge in [-0.1, -0.05) is 42.6 Å². The Bertz CT molecular complexity index is 392. The molecule has 1 nitrogen and oxygen atoms in total. The highest BCUT2D eigenvalue weighted by Gasteiger charge is 2.28. The predicted octanol–water partition coefficient (Wildman–Crippen LogP) is 4.88. The molecular formula is C15H21Cl2N. The van der Waals surface area contributed by atoms with E-state index in [0.717, 1.165) is 19.0 Å². The summed E-state index contributed by atoms with van der Waals surface area (Å²) in [6, 6.07) is 6.11. The van der Waals surface area contributed by atoms with Crippen LogP contribution in [-0.4, -0.2) is 13.1 Å². The Morgan fingerprint density at radius 1 is 1.22 bits per heavy atom. The zero-order valence-electron chi connectivity index (χ0n) is 10.9. The Morgan fingerprint density at radius 3 is 2.78 bits per heavy atom. The lowest BCUT2D eigenvalue weighted by Gasteiger charge is -2.21. The summed E-state index contributed by atoms with van der Waals surface area (Å²) in [5.74, 6) is 1.39. The van der Waals surface area contributed by atoms with E-state index in [0.29, 0.717) is 16.0 Å². The van der Waals surface area contributed by atoms with Crippen LogP contribution in [0.1, 0.15) is 44.1 Å². The first-order valence-electron chi connectivity index (χ1n) is 6.88. The highest BCUT2D eigenvalue weighted by molar-refractivity contribution is 6.42. The Morgan fingerprint density at radius 2 is 2.06 bits per heavy atom. The normalized spacial score (nSPS) is 23.5. The van der Waals surface area contributed by atoms with Gasteiger partial charge in [-0.05, 0) is 61.9 Å². The van der Waals surface area contributed by atoms with Gasteiger partial charge in [0.15, 0.2) is 0 Å². The fourth-order valence-corrected chi connectivity index (χ4v) is 3.23. The SMILES string of the molecule is CCCNCC1CCCC1c1ccc(Cl)c(Cl)c1. The van der Waals surface area contributed by atoms with Crippen LogP contribution in [0.15, 0.2) is 18.2 Å². The molecule has 100 valence electrons. The van der Waals surface area contributed by atoms with E-state index in [1.807, 2.05) is 12.1 Å². The number of nitrogens with one attached hydrogen (secondary N) is 1. The molecule has 1 fully saturated rings. The van der Waals surface area contributed by atoms with Gasteiger partial charge in [-0.15, -0.1) is 0 Å². The average molecular weight is 286 g/mol. The third kappa shape index (κ3) is 3.40. The molecule has 0 aromatic heterocycles. The van der Waals surface area contributed by atoms with Crippen LogP contribution in [0.4, 0.5) is 0 Å². The minimum absolute atomic E-state index is 0.643. The molecule has 2 unspecified atom stereocenters. The van der Waals surface area contributed by atoms with Crippen molar-refractivity contribution in [2.45, 2.75) is 38.5 Å². The molecule has 0 amide bonds. The summed E-state index contributed by atoms with van der Waals surface area (Å²) < 4.78 is 0. The molecule has 0 bridgehead atoms. The zero-order chi connectivity index (χ0) is 13.0. The van der Waals surface area contributed by atoms with Gasteiger partial charge < -0.3 is 5.32 Å². The van der Waals surface area contributed by atoms with Crippen LogP contribution in [0, 0.1) is 5.92 Å². The molecule has 1 aliphatic carbocycles. The van der Waals surface area contributed by atoms with E-state index in [-0.39, 0.29) is 0 Å². The van der Waals surface area contributed by atoms with Gasteiger partial charge in [0.05, 0.1) is 10.0 Å². The second-order valence-electron chi connectivity index (χ2n) is 5.18. The van der Waals surface area contributed by atoms with Crippen LogP contribution in [0.5, 0.6) is 0 Å². The molecule has 2 atom stereocenters. The van der Waals surface area contributed by atoms with Crippen LogP contribution < -0.4 is 5.32 Å². The second-order valence-corrected chi connectivity index (χ2v) is 5.99. The molecule has 0 heterocycles. The third-order valence-corrected chi connectivity index (χ3v) is 4.60. The van der Waals surface area contributed by atoms with Crippen molar-refractivity contribution in [3.8, 4) is 0 Å². The molecule has 18 heavy (non-hydrogen) atoms. The summed E-state index contributed by atoms with van der Waals surface area (Å²) in [6.45, 7) is 4.45. The van der Waals surface area contributed by atoms with Crippen LogP contribution >= 0.6 is 23.2 Å². The summed E-state index contributed by atoms with van der Waals surface area (Å²) in [6.07, 6.45) is 5.12. The smallest absolute Gasteiger partial charge is 0.0595 e. The van der Waals surface area contributed by atoms with Crippen molar-refractivity contribution in [1.82, 2.24) is 5.32 Å². The van der Waals surface area contributed by atoms with Crippen molar-refractivity contribution < 1.29 is 0 Å². The van der Waals surface area contributed by atoms with Crippen molar-refractivity contribution in [1.29, 1.82) is 0 Å². The lowest BCUT2D eigenvalue weighted by Crippen LogP contribution is -2.25. The predicted molar refractivity (Wildman–Crippen MR) is 79.7 cm³/mol. The molecule has 1 aromatic rings. The first-order valence-corrected chi connectivity index (χ1v) is 7.63. The van der Waals surface area contributed by atoms with Crippen LogP contribution in [0.25, 0.3) is 0 Å². The highest BCUT2D eigenvalue weighted by atomic mass is 35.5. The zero-order valence-corrected chi connectivity index (χ0v) is 12.4. The summed E-state index contributed by atoms with van der Waals surface area (Å²) in [5.41, 5.74) is 1.35. The molecule has 1 N–H and O–H groups in total.